The number of alkyl halides is 2. The summed E-state index contributed by atoms with van der Waals surface area (Å²) < 4.78 is 28.3. The van der Waals surface area contributed by atoms with Crippen molar-refractivity contribution in [3.63, 3.8) is 0 Å². The van der Waals surface area contributed by atoms with Gasteiger partial charge in [0.05, 0.1) is 11.3 Å². The summed E-state index contributed by atoms with van der Waals surface area (Å²) in [4.78, 5) is 22.6. The van der Waals surface area contributed by atoms with Crippen molar-refractivity contribution in [3.8, 4) is 5.75 Å². The third kappa shape index (κ3) is 3.40. The van der Waals surface area contributed by atoms with E-state index in [2.05, 4.69) is 10.1 Å². The van der Waals surface area contributed by atoms with E-state index >= 15 is 0 Å². The fourth-order valence-electron chi connectivity index (χ4n) is 1.57. The van der Waals surface area contributed by atoms with Gasteiger partial charge in [-0.1, -0.05) is 0 Å². The number of carbonyl (C=O) groups is 2. The van der Waals surface area contributed by atoms with E-state index < -0.39 is 12.6 Å². The van der Waals surface area contributed by atoms with Crippen molar-refractivity contribution in [2.45, 2.75) is 19.5 Å². The Bertz CT molecular complexity index is 514. The Morgan fingerprint density at radius 1 is 1.37 bits per heavy atom. The van der Waals surface area contributed by atoms with Crippen LogP contribution in [-0.4, -0.2) is 23.6 Å². The van der Waals surface area contributed by atoms with Gasteiger partial charge in [0.2, 0.25) is 5.91 Å². The molecule has 2 rings (SSSR count). The molecule has 0 spiro atoms. The van der Waals surface area contributed by atoms with Crippen LogP contribution < -0.4 is 10.1 Å². The van der Waals surface area contributed by atoms with E-state index in [4.69, 9.17) is 5.11 Å². The molecule has 2 N–H and O–H groups in total. The quantitative estimate of drug-likeness (QED) is 0.861. The number of carboxylic acid groups (broad SMARTS) is 1. The van der Waals surface area contributed by atoms with Gasteiger partial charge in [-0.05, 0) is 25.0 Å². The molecule has 0 radical (unpaired) electrons. The number of carboxylic acids is 1. The molecule has 1 fully saturated rings. The Labute approximate surface area is 107 Å². The number of carbonyl (C=O) groups excluding carboxylic acids is 1. The Kier molecular flexibility index (Phi) is 3.64. The summed E-state index contributed by atoms with van der Waals surface area (Å²) in [6.45, 7) is -3.01. The summed E-state index contributed by atoms with van der Waals surface area (Å²) in [5.41, 5.74) is -0.210. The number of hydrogen-bond acceptors (Lipinski definition) is 3. The number of rotatable bonds is 5. The summed E-state index contributed by atoms with van der Waals surface area (Å²) in [5, 5.41) is 11.4. The fourth-order valence-corrected chi connectivity index (χ4v) is 1.57. The molecule has 0 atom stereocenters. The van der Waals surface area contributed by atoms with Gasteiger partial charge in [0.15, 0.2) is 0 Å². The first-order valence-electron chi connectivity index (χ1n) is 5.60. The predicted molar refractivity (Wildman–Crippen MR) is 61.4 cm³/mol. The van der Waals surface area contributed by atoms with Gasteiger partial charge in [-0.15, -0.1) is 0 Å². The van der Waals surface area contributed by atoms with E-state index in [9.17, 15) is 18.4 Å². The lowest BCUT2D eigenvalue weighted by molar-refractivity contribution is -0.117. The number of nitrogens with one attached hydrogen (secondary N) is 1. The number of hydrogen-bond donors (Lipinski definition) is 2. The van der Waals surface area contributed by atoms with Gasteiger partial charge >= 0.3 is 12.6 Å². The van der Waals surface area contributed by atoms with Crippen LogP contribution in [0.25, 0.3) is 0 Å². The lowest BCUT2D eigenvalue weighted by atomic mass is 10.1. The summed E-state index contributed by atoms with van der Waals surface area (Å²) in [6, 6.07) is 3.31. The molecular weight excluding hydrogens is 260 g/mol. The van der Waals surface area contributed by atoms with Crippen LogP contribution in [0.3, 0.4) is 0 Å². The molecule has 0 saturated heterocycles. The highest BCUT2D eigenvalue weighted by molar-refractivity contribution is 6.02. The normalized spacial score (nSPS) is 14.3. The van der Waals surface area contributed by atoms with Gasteiger partial charge in [-0.2, -0.15) is 8.78 Å². The zero-order valence-corrected chi connectivity index (χ0v) is 9.73. The summed E-state index contributed by atoms with van der Waals surface area (Å²) in [7, 11) is 0. The maximum atomic E-state index is 12.1. The van der Waals surface area contributed by atoms with E-state index in [1.165, 1.54) is 0 Å². The molecule has 7 heteroatoms. The van der Waals surface area contributed by atoms with Crippen LogP contribution in [0.1, 0.15) is 23.2 Å². The molecule has 1 aliphatic carbocycles. The first kappa shape index (κ1) is 13.3. The number of anilines is 1. The molecule has 0 aromatic heterocycles. The second kappa shape index (κ2) is 5.21. The molecule has 1 aromatic carbocycles. The van der Waals surface area contributed by atoms with Crippen LogP contribution in [0.2, 0.25) is 0 Å². The molecule has 1 aromatic rings. The average molecular weight is 271 g/mol. The van der Waals surface area contributed by atoms with E-state index in [1.54, 1.807) is 0 Å². The molecule has 0 heterocycles. The smallest absolute Gasteiger partial charge is 0.387 e. The molecule has 19 heavy (non-hydrogen) atoms. The first-order valence-corrected chi connectivity index (χ1v) is 5.60. The third-order valence-electron chi connectivity index (χ3n) is 2.65. The van der Waals surface area contributed by atoms with Crippen LogP contribution in [0.5, 0.6) is 5.75 Å². The van der Waals surface area contributed by atoms with Crippen molar-refractivity contribution >= 4 is 17.6 Å². The molecule has 0 aliphatic heterocycles. The van der Waals surface area contributed by atoms with E-state index in [0.29, 0.717) is 0 Å². The lowest BCUT2D eigenvalue weighted by Crippen LogP contribution is -2.16. The van der Waals surface area contributed by atoms with Crippen molar-refractivity contribution in [1.82, 2.24) is 0 Å². The number of amides is 1. The minimum atomic E-state index is -3.01. The molecule has 0 unspecified atom stereocenters. The summed E-state index contributed by atoms with van der Waals surface area (Å²) in [5.74, 6) is -1.89. The maximum Gasteiger partial charge on any atom is 0.387 e. The molecule has 5 nitrogen and oxygen atoms in total. The van der Waals surface area contributed by atoms with Crippen LogP contribution in [-0.2, 0) is 4.79 Å². The molecular formula is C12H11F2NO4. The zero-order valence-electron chi connectivity index (χ0n) is 9.73. The largest absolute Gasteiger partial charge is 0.478 e. The summed E-state index contributed by atoms with van der Waals surface area (Å²) in [6.07, 6.45) is 1.50. The van der Waals surface area contributed by atoms with Gasteiger partial charge in [-0.25, -0.2) is 4.79 Å². The topological polar surface area (TPSA) is 75.6 Å². The van der Waals surface area contributed by atoms with Crippen LogP contribution in [0, 0.1) is 5.92 Å². The SMILES string of the molecule is O=C(O)c1ccc(OC(F)F)cc1NC(=O)C1CC1. The number of aromatic carboxylic acids is 1. The second-order valence-electron chi connectivity index (χ2n) is 4.15. The highest BCUT2D eigenvalue weighted by Gasteiger charge is 2.30. The lowest BCUT2D eigenvalue weighted by Gasteiger charge is -2.11. The second-order valence-corrected chi connectivity index (χ2v) is 4.15. The van der Waals surface area contributed by atoms with Gasteiger partial charge < -0.3 is 15.2 Å². The molecule has 1 amide bonds. The molecule has 102 valence electrons. The van der Waals surface area contributed by atoms with Crippen LogP contribution in [0.4, 0.5) is 14.5 Å². The average Bonchev–Trinajstić information content (AvgIpc) is 3.11. The van der Waals surface area contributed by atoms with E-state index in [0.717, 1.165) is 31.0 Å². The van der Waals surface area contributed by atoms with E-state index in [1.807, 2.05) is 0 Å². The number of ether oxygens (including phenoxy) is 1. The molecule has 1 aliphatic rings. The molecule has 1 saturated carbocycles. The van der Waals surface area contributed by atoms with Gasteiger partial charge in [-0.3, -0.25) is 4.79 Å². The minimum absolute atomic E-state index is 0.0393. The van der Waals surface area contributed by atoms with Crippen LogP contribution in [0.15, 0.2) is 18.2 Å². The van der Waals surface area contributed by atoms with Gasteiger partial charge in [0.25, 0.3) is 0 Å². The van der Waals surface area contributed by atoms with Crippen molar-refractivity contribution in [2.75, 3.05) is 5.32 Å². The van der Waals surface area contributed by atoms with Crippen molar-refractivity contribution in [1.29, 1.82) is 0 Å². The Balaban J connectivity index is 2.24. The number of halogens is 2. The van der Waals surface area contributed by atoms with Crippen molar-refractivity contribution < 1.29 is 28.2 Å². The Morgan fingerprint density at radius 3 is 2.58 bits per heavy atom. The minimum Gasteiger partial charge on any atom is -0.478 e. The zero-order chi connectivity index (χ0) is 14.0. The third-order valence-corrected chi connectivity index (χ3v) is 2.65. The fraction of sp³-hybridized carbons (Fsp3) is 0.333. The highest BCUT2D eigenvalue weighted by Crippen LogP contribution is 2.31. The first-order chi connectivity index (χ1) is 8.97. The van der Waals surface area contributed by atoms with E-state index in [-0.39, 0.29) is 28.8 Å². The Morgan fingerprint density at radius 2 is 2.05 bits per heavy atom. The predicted octanol–water partition coefficient (Wildman–Crippen LogP) is 2.33. The standard InChI is InChI=1S/C12H11F2NO4/c13-12(14)19-7-3-4-8(11(17)18)9(5-7)15-10(16)6-1-2-6/h3-6,12H,1-2H2,(H,15,16)(H,17,18). The van der Waals surface area contributed by atoms with Crippen molar-refractivity contribution in [2.24, 2.45) is 5.92 Å². The van der Waals surface area contributed by atoms with Gasteiger partial charge in [0.1, 0.15) is 5.75 Å². The Hall–Kier alpha value is -2.18. The van der Waals surface area contributed by atoms with Crippen molar-refractivity contribution in [3.05, 3.63) is 23.8 Å². The highest BCUT2D eigenvalue weighted by atomic mass is 19.3. The maximum absolute atomic E-state index is 12.1. The van der Waals surface area contributed by atoms with Crippen LogP contribution >= 0.6 is 0 Å². The monoisotopic (exact) mass is 271 g/mol. The molecule has 0 bridgehead atoms. The van der Waals surface area contributed by atoms with Gasteiger partial charge in [0, 0.05) is 12.0 Å². The number of benzene rings is 1. The summed E-state index contributed by atoms with van der Waals surface area (Å²) >= 11 is 0.